The van der Waals surface area contributed by atoms with E-state index in [1.54, 1.807) is 30.3 Å². The van der Waals surface area contributed by atoms with E-state index in [-0.39, 0.29) is 22.3 Å². The van der Waals surface area contributed by atoms with Crippen LogP contribution in [0.3, 0.4) is 0 Å². The zero-order valence-electron chi connectivity index (χ0n) is 23.8. The minimum Gasteiger partial charge on any atom is -0.507 e. The Kier molecular flexibility index (Phi) is 9.59. The molecule has 0 saturated heterocycles. The van der Waals surface area contributed by atoms with Crippen LogP contribution in [0.2, 0.25) is 0 Å². The van der Waals surface area contributed by atoms with Gasteiger partial charge in [-0.1, -0.05) is 23.2 Å². The molecule has 49 heavy (non-hydrogen) atoms. The van der Waals surface area contributed by atoms with Gasteiger partial charge in [-0.15, -0.1) is 19.7 Å². The molecule has 0 atom stereocenters. The van der Waals surface area contributed by atoms with Crippen molar-refractivity contribution in [1.29, 1.82) is 0 Å². The maximum absolute atomic E-state index is 12.5. The number of hydrogen-bond donors (Lipinski definition) is 7. The molecule has 0 fully saturated rings. The Morgan fingerprint density at radius 2 is 1.37 bits per heavy atom. The lowest BCUT2D eigenvalue weighted by Crippen LogP contribution is -2.03. The lowest BCUT2D eigenvalue weighted by molar-refractivity contribution is -0.432. The number of aromatic hydroxyl groups is 2. The minimum atomic E-state index is -5.29. The molecule has 0 aliphatic rings. The van der Waals surface area contributed by atoms with Gasteiger partial charge in [-0.3, -0.25) is 13.7 Å². The fourth-order valence-corrected chi connectivity index (χ4v) is 7.11. The highest BCUT2D eigenvalue weighted by atomic mass is 32.2. The molecule has 0 bridgehead atoms. The number of nitrogens with two attached hydrogens (primary N) is 1. The van der Waals surface area contributed by atoms with Crippen LogP contribution in [0.15, 0.2) is 107 Å². The number of phenolic OH excluding ortho intramolecular Hbond substituents is 2. The highest BCUT2D eigenvalue weighted by Crippen LogP contribution is 2.50. The second-order valence-electron chi connectivity index (χ2n) is 9.64. The van der Waals surface area contributed by atoms with Crippen LogP contribution in [-0.2, 0) is 39.7 Å². The summed E-state index contributed by atoms with van der Waals surface area (Å²) >= 11 is 0.259. The van der Waals surface area contributed by atoms with Gasteiger partial charge in [0.2, 0.25) is 0 Å². The summed E-state index contributed by atoms with van der Waals surface area (Å²) in [6.45, 7) is 0. The minimum absolute atomic E-state index is 0.195. The smallest absolute Gasteiger partial charge is 0.297 e. The molecule has 0 aliphatic carbocycles. The number of hydrogen-bond acceptors (Lipinski definition) is 17. The monoisotopic (exact) mass is 753 g/mol. The van der Waals surface area contributed by atoms with Crippen LogP contribution in [-0.4, -0.2) is 54.4 Å². The lowest BCUT2D eigenvalue weighted by atomic mass is 10.0. The summed E-state index contributed by atoms with van der Waals surface area (Å²) in [6.07, 6.45) is 0. The molecule has 5 aromatic rings. The molecule has 0 amide bonds. The van der Waals surface area contributed by atoms with E-state index >= 15 is 0 Å². The van der Waals surface area contributed by atoms with E-state index < -0.39 is 95.4 Å². The highest BCUT2D eigenvalue weighted by molar-refractivity contribution is 7.94. The molecule has 0 radical (unpaired) electrons. The predicted octanol–water partition coefficient (Wildman–Crippen LogP) is 5.99. The van der Waals surface area contributed by atoms with E-state index in [0.29, 0.717) is 23.9 Å². The first-order chi connectivity index (χ1) is 22.9. The number of fused-ring (bicyclic) bond motifs is 2. The summed E-state index contributed by atoms with van der Waals surface area (Å²) in [4.78, 5) is -3.12. The van der Waals surface area contributed by atoms with Gasteiger partial charge in [0.1, 0.15) is 32.6 Å². The van der Waals surface area contributed by atoms with Crippen molar-refractivity contribution in [3.63, 3.8) is 0 Å². The first kappa shape index (κ1) is 35.5. The third-order valence-corrected chi connectivity index (χ3v) is 9.90. The molecular weight excluding hydrogens is 735 g/mol. The fourth-order valence-electron chi connectivity index (χ4n) is 4.58. The van der Waals surface area contributed by atoms with Gasteiger partial charge in [-0.05, 0) is 42.5 Å². The normalized spacial score (nSPS) is 12.9. The summed E-state index contributed by atoms with van der Waals surface area (Å²) in [5.74, 6) is -1.63. The largest absolute Gasteiger partial charge is 0.507 e. The number of nitrogens with zero attached hydrogens (tertiary/aromatic N) is 4. The number of azo groups is 2. The van der Waals surface area contributed by atoms with Crippen molar-refractivity contribution in [3.8, 4) is 11.5 Å². The number of phenols is 2. The zero-order chi connectivity index (χ0) is 35.9. The summed E-state index contributed by atoms with van der Waals surface area (Å²) in [5, 5.41) is 47.6. The van der Waals surface area contributed by atoms with Crippen molar-refractivity contribution in [2.45, 2.75) is 19.6 Å². The van der Waals surface area contributed by atoms with Gasteiger partial charge >= 0.3 is 0 Å². The Balaban J connectivity index is 1.79. The standard InChI is InChI=1S/C26H19N5O14S4/c27-23-18(30-29-17-7-6-14-15(26(17)49(41,42)43)8-13(9-19(14)32)47(35,36)37)11-21(48(38,39)40)16-10-20(46-45-44-34)24(25(33)22(16)23)31-28-12-4-2-1-3-5-12/h1-11,32-34H,27H2,(H,35,36,37)(H,38,39,40)(H,41,42,43). The van der Waals surface area contributed by atoms with E-state index in [0.717, 1.165) is 18.2 Å². The van der Waals surface area contributed by atoms with Crippen LogP contribution in [0.4, 0.5) is 28.4 Å². The summed E-state index contributed by atoms with van der Waals surface area (Å²) in [7, 11) is -15.4. The van der Waals surface area contributed by atoms with Gasteiger partial charge in [0.05, 0.1) is 38.6 Å². The second kappa shape index (κ2) is 13.2. The van der Waals surface area contributed by atoms with Crippen LogP contribution in [0, 0.1) is 0 Å². The fraction of sp³-hybridized carbons (Fsp3) is 0. The second-order valence-corrected chi connectivity index (χ2v) is 14.6. The van der Waals surface area contributed by atoms with Gasteiger partial charge in [0.25, 0.3) is 30.4 Å². The van der Waals surface area contributed by atoms with Crippen LogP contribution < -0.4 is 5.73 Å². The van der Waals surface area contributed by atoms with Crippen molar-refractivity contribution >= 4 is 92.4 Å². The van der Waals surface area contributed by atoms with Crippen LogP contribution in [0.1, 0.15) is 0 Å². The lowest BCUT2D eigenvalue weighted by Gasteiger charge is -2.14. The topological polar surface area (TPSA) is 318 Å². The van der Waals surface area contributed by atoms with Crippen molar-refractivity contribution in [2.24, 2.45) is 20.5 Å². The molecule has 8 N–H and O–H groups in total. The molecule has 0 saturated carbocycles. The van der Waals surface area contributed by atoms with Crippen LogP contribution in [0.25, 0.3) is 21.5 Å². The molecule has 5 rings (SSSR count). The van der Waals surface area contributed by atoms with E-state index in [1.165, 1.54) is 0 Å². The van der Waals surface area contributed by atoms with Crippen molar-refractivity contribution < 1.29 is 63.8 Å². The van der Waals surface area contributed by atoms with E-state index in [1.807, 2.05) is 0 Å². The van der Waals surface area contributed by atoms with E-state index in [9.17, 15) is 49.1 Å². The van der Waals surface area contributed by atoms with Crippen LogP contribution >= 0.6 is 12.0 Å². The van der Waals surface area contributed by atoms with Crippen molar-refractivity contribution in [1.82, 2.24) is 0 Å². The Morgan fingerprint density at radius 1 is 0.694 bits per heavy atom. The highest BCUT2D eigenvalue weighted by Gasteiger charge is 2.27. The first-order valence-electron chi connectivity index (χ1n) is 12.8. The van der Waals surface area contributed by atoms with Gasteiger partial charge < -0.3 is 15.9 Å². The maximum Gasteiger partial charge on any atom is 0.297 e. The van der Waals surface area contributed by atoms with Gasteiger partial charge in [-0.2, -0.15) is 30.4 Å². The zero-order valence-corrected chi connectivity index (χ0v) is 27.1. The molecule has 5 aromatic carbocycles. The molecular formula is C26H19N5O14S4. The van der Waals surface area contributed by atoms with E-state index in [4.69, 9.17) is 11.0 Å². The molecule has 0 heterocycles. The molecule has 256 valence electrons. The Hall–Kier alpha value is -4.82. The molecule has 0 aliphatic heterocycles. The summed E-state index contributed by atoms with van der Waals surface area (Å²) in [5.41, 5.74) is 4.40. The third-order valence-electron chi connectivity index (χ3n) is 6.61. The van der Waals surface area contributed by atoms with Crippen LogP contribution in [0.5, 0.6) is 11.5 Å². The van der Waals surface area contributed by atoms with Gasteiger partial charge in [-0.25, -0.2) is 5.26 Å². The van der Waals surface area contributed by atoms with Gasteiger partial charge in [0.15, 0.2) is 5.75 Å². The molecule has 0 unspecified atom stereocenters. The van der Waals surface area contributed by atoms with E-state index in [2.05, 4.69) is 29.8 Å². The summed E-state index contributed by atoms with van der Waals surface area (Å²) < 4.78 is 107. The van der Waals surface area contributed by atoms with Gasteiger partial charge in [0, 0.05) is 22.2 Å². The SMILES string of the molecule is Nc1c(N=Nc2ccc3c(O)cc(S(=O)(=O)O)cc3c2S(=O)(=O)O)cc(S(=O)(=O)O)c2cc(SOOO)c(N=Nc3ccccc3)c(O)c12. The Morgan fingerprint density at radius 3 is 1.98 bits per heavy atom. The number of benzene rings is 5. The molecule has 19 nitrogen and oxygen atoms in total. The first-order valence-corrected chi connectivity index (χ1v) is 17.9. The number of anilines is 1. The average Bonchev–Trinajstić information content (AvgIpc) is 3.01. The quantitative estimate of drug-likeness (QED) is 0.0215. The van der Waals surface area contributed by atoms with Crippen molar-refractivity contribution in [3.05, 3.63) is 66.7 Å². The Labute approximate surface area is 279 Å². The average molecular weight is 754 g/mol. The Bertz CT molecular complexity index is 2550. The number of rotatable bonds is 10. The molecule has 0 aromatic heterocycles. The van der Waals surface area contributed by atoms with Crippen molar-refractivity contribution in [2.75, 3.05) is 5.73 Å². The predicted molar refractivity (Wildman–Crippen MR) is 171 cm³/mol. The third kappa shape index (κ3) is 7.30. The summed E-state index contributed by atoms with van der Waals surface area (Å²) in [6, 6.07) is 13.1. The maximum atomic E-state index is 12.5. The molecule has 23 heteroatoms. The molecule has 0 spiro atoms. The number of nitrogen functional groups attached to an aromatic ring is 1.